The van der Waals surface area contributed by atoms with Crippen LogP contribution in [0.15, 0.2) is 6.20 Å². The summed E-state index contributed by atoms with van der Waals surface area (Å²) in [5, 5.41) is 107. The summed E-state index contributed by atoms with van der Waals surface area (Å²) in [7, 11) is 0. The molecule has 19 nitrogen and oxygen atoms in total. The standard InChI is InChI=1S/C25H32N3O16/c29-7-11(33)2-26(3-12(34)8-30)21(37)15-1-17-19(25(43)44)18(24(41)42)16(23(39)40)6-28(17)20(15)22(38)27(4-13(35)9-31)5-14(36)10-32/h6,11-14,29-36H,2-5,7-10H2,(H,39,40)(H,41,42)(H,43,44). The highest BCUT2D eigenvalue weighted by Crippen LogP contribution is 2.28. The number of amides is 2. The molecular weight excluding hydrogens is 598 g/mol. The number of hydrogen-bond acceptors (Lipinski definition) is 13. The Morgan fingerprint density at radius 1 is 0.636 bits per heavy atom. The summed E-state index contributed by atoms with van der Waals surface area (Å²) < 4.78 is 0.529. The topological polar surface area (TPSA) is 319 Å². The van der Waals surface area contributed by atoms with E-state index in [4.69, 9.17) is 0 Å². The smallest absolute Gasteiger partial charge is 0.338 e. The summed E-state index contributed by atoms with van der Waals surface area (Å²) in [5.74, 6) is -8.61. The van der Waals surface area contributed by atoms with Crippen LogP contribution in [-0.4, -0.2) is 177 Å². The molecule has 243 valence electrons. The predicted molar refractivity (Wildman–Crippen MR) is 141 cm³/mol. The Kier molecular flexibility index (Phi) is 12.7. The van der Waals surface area contributed by atoms with Gasteiger partial charge in [-0.25, -0.2) is 14.4 Å². The van der Waals surface area contributed by atoms with E-state index >= 15 is 0 Å². The number of aromatic nitrogens is 1. The van der Waals surface area contributed by atoms with Crippen molar-refractivity contribution in [1.29, 1.82) is 0 Å². The van der Waals surface area contributed by atoms with Gasteiger partial charge in [0.2, 0.25) is 0 Å². The van der Waals surface area contributed by atoms with Crippen molar-refractivity contribution in [3.05, 3.63) is 40.2 Å². The molecule has 0 bridgehead atoms. The van der Waals surface area contributed by atoms with Crippen LogP contribution in [0.2, 0.25) is 0 Å². The van der Waals surface area contributed by atoms with Crippen LogP contribution in [0.5, 0.6) is 0 Å². The van der Waals surface area contributed by atoms with Crippen LogP contribution in [0.3, 0.4) is 0 Å². The Morgan fingerprint density at radius 2 is 1.02 bits per heavy atom. The van der Waals surface area contributed by atoms with Crippen molar-refractivity contribution < 1.29 is 80.1 Å². The van der Waals surface area contributed by atoms with Gasteiger partial charge in [0, 0.05) is 38.4 Å². The number of carbonyl (C=O) groups excluding carboxylic acids is 2. The van der Waals surface area contributed by atoms with Gasteiger partial charge in [0.1, 0.15) is 5.69 Å². The van der Waals surface area contributed by atoms with Crippen molar-refractivity contribution in [2.24, 2.45) is 0 Å². The Morgan fingerprint density at radius 3 is 1.36 bits per heavy atom. The van der Waals surface area contributed by atoms with Crippen molar-refractivity contribution in [3.8, 4) is 0 Å². The number of fused-ring (bicyclic) bond motifs is 1. The summed E-state index contributed by atoms with van der Waals surface area (Å²) in [4.78, 5) is 65.3. The zero-order valence-electron chi connectivity index (χ0n) is 22.8. The number of nitrogens with zero attached hydrogens (tertiary/aromatic N) is 3. The molecule has 2 aromatic rings. The summed E-state index contributed by atoms with van der Waals surface area (Å²) in [6, 6.07) is 2.28. The van der Waals surface area contributed by atoms with Gasteiger partial charge in [0.05, 0.1) is 78.6 Å². The van der Waals surface area contributed by atoms with Gasteiger partial charge in [0.15, 0.2) is 0 Å². The fraction of sp³-hybridized carbons (Fsp3) is 0.480. The number of carboxylic acid groups (broad SMARTS) is 3. The molecule has 2 aromatic heterocycles. The lowest BCUT2D eigenvalue weighted by molar-refractivity contribution is 0.0189. The van der Waals surface area contributed by atoms with Crippen LogP contribution < -0.4 is 0 Å². The quantitative estimate of drug-likeness (QED) is 0.0780. The fourth-order valence-corrected chi connectivity index (χ4v) is 4.22. The summed E-state index contributed by atoms with van der Waals surface area (Å²) >= 11 is 0. The molecule has 2 rings (SSSR count). The lowest BCUT2D eigenvalue weighted by Gasteiger charge is -2.28. The largest absolute Gasteiger partial charge is 0.478 e. The van der Waals surface area contributed by atoms with Crippen molar-refractivity contribution in [2.45, 2.75) is 24.4 Å². The number of aliphatic hydroxyl groups excluding tert-OH is 8. The molecular formula is C25H32N3O16. The van der Waals surface area contributed by atoms with Gasteiger partial charge in [-0.2, -0.15) is 0 Å². The average molecular weight is 631 g/mol. The number of rotatable bonds is 17. The number of pyridine rings is 1. The van der Waals surface area contributed by atoms with Crippen LogP contribution in [-0.2, 0) is 0 Å². The van der Waals surface area contributed by atoms with E-state index < -0.39 is 140 Å². The molecule has 4 atom stereocenters. The van der Waals surface area contributed by atoms with Crippen molar-refractivity contribution >= 4 is 35.2 Å². The maximum Gasteiger partial charge on any atom is 0.338 e. The molecule has 0 aliphatic heterocycles. The highest BCUT2D eigenvalue weighted by molar-refractivity contribution is 6.15. The van der Waals surface area contributed by atoms with E-state index in [2.05, 4.69) is 6.07 Å². The van der Waals surface area contributed by atoms with Crippen molar-refractivity contribution in [2.75, 3.05) is 52.6 Å². The molecule has 44 heavy (non-hydrogen) atoms. The average Bonchev–Trinajstić information content (AvgIpc) is 3.36. The Hall–Kier alpha value is -4.21. The molecule has 0 aliphatic rings. The molecule has 2 amide bonds. The second-order valence-electron chi connectivity index (χ2n) is 9.54. The first-order valence-electron chi connectivity index (χ1n) is 12.7. The second-order valence-corrected chi connectivity index (χ2v) is 9.54. The third-order valence-corrected chi connectivity index (χ3v) is 6.19. The Labute approximate surface area is 247 Å². The third-order valence-electron chi connectivity index (χ3n) is 6.19. The van der Waals surface area contributed by atoms with E-state index in [1.54, 1.807) is 0 Å². The number of carbonyl (C=O) groups is 5. The minimum Gasteiger partial charge on any atom is -0.478 e. The minimum absolute atomic E-state index is 0.521. The molecule has 0 saturated heterocycles. The van der Waals surface area contributed by atoms with Crippen LogP contribution in [0.25, 0.3) is 5.52 Å². The Bertz CT molecular complexity index is 1370. The van der Waals surface area contributed by atoms with E-state index in [9.17, 15) is 80.1 Å². The first-order chi connectivity index (χ1) is 20.6. The van der Waals surface area contributed by atoms with Crippen molar-refractivity contribution in [1.82, 2.24) is 14.2 Å². The number of carboxylic acids is 3. The normalized spacial score (nSPS) is 14.1. The zero-order valence-corrected chi connectivity index (χ0v) is 22.8. The third kappa shape index (κ3) is 8.03. The highest BCUT2D eigenvalue weighted by atomic mass is 16.4. The Balaban J connectivity index is 3.07. The molecule has 0 aliphatic carbocycles. The van der Waals surface area contributed by atoms with Crippen LogP contribution >= 0.6 is 0 Å². The minimum atomic E-state index is -2.01. The summed E-state index contributed by atoms with van der Waals surface area (Å²) in [6.07, 6.45) is -6.06. The highest BCUT2D eigenvalue weighted by Gasteiger charge is 2.36. The molecule has 2 heterocycles. The van der Waals surface area contributed by atoms with Gasteiger partial charge in [-0.1, -0.05) is 0 Å². The van der Waals surface area contributed by atoms with E-state index in [1.807, 2.05) is 0 Å². The van der Waals surface area contributed by atoms with Gasteiger partial charge >= 0.3 is 17.9 Å². The molecule has 0 aromatic carbocycles. The first kappa shape index (κ1) is 36.0. The first-order valence-corrected chi connectivity index (χ1v) is 12.7. The van der Waals surface area contributed by atoms with Gasteiger partial charge in [-0.15, -0.1) is 0 Å². The zero-order chi connectivity index (χ0) is 33.5. The van der Waals surface area contributed by atoms with Crippen molar-refractivity contribution in [3.63, 3.8) is 0 Å². The van der Waals surface area contributed by atoms with Gasteiger partial charge in [-0.05, 0) is 0 Å². The van der Waals surface area contributed by atoms with E-state index in [0.29, 0.717) is 20.4 Å². The van der Waals surface area contributed by atoms with E-state index in [1.165, 1.54) is 0 Å². The maximum absolute atomic E-state index is 13.9. The molecule has 11 N–H and O–H groups in total. The fourth-order valence-electron chi connectivity index (χ4n) is 4.22. The molecule has 0 spiro atoms. The lowest BCUT2D eigenvalue weighted by atomic mass is 10.0. The molecule has 1 radical (unpaired) electrons. The molecule has 0 saturated carbocycles. The molecule has 0 fully saturated rings. The number of aliphatic hydroxyl groups is 8. The number of hydrogen-bond donors (Lipinski definition) is 11. The monoisotopic (exact) mass is 630 g/mol. The van der Waals surface area contributed by atoms with Crippen LogP contribution in [0, 0.1) is 6.07 Å². The van der Waals surface area contributed by atoms with Gasteiger partial charge < -0.3 is 70.4 Å². The van der Waals surface area contributed by atoms with Crippen LogP contribution in [0.1, 0.15) is 51.9 Å². The SMILES string of the molecule is O=C(O)c1cn2c(C(=O)N(CC(O)CO)CC(O)CO)c(C(=O)N(CC(O)CO)CC(O)CO)[c]c2c(C(=O)O)c1C(=O)O. The van der Waals surface area contributed by atoms with Gasteiger partial charge in [-0.3, -0.25) is 9.59 Å². The molecule has 4 unspecified atom stereocenters. The lowest BCUT2D eigenvalue weighted by Crippen LogP contribution is -2.46. The van der Waals surface area contributed by atoms with Crippen LogP contribution in [0.4, 0.5) is 0 Å². The second kappa shape index (κ2) is 15.5. The maximum atomic E-state index is 13.9. The number of aromatic carboxylic acids is 3. The molecule has 19 heteroatoms. The van der Waals surface area contributed by atoms with E-state index in [-0.39, 0.29) is 0 Å². The summed E-state index contributed by atoms with van der Waals surface area (Å²) in [5.41, 5.74) is -6.17. The van der Waals surface area contributed by atoms with E-state index in [0.717, 1.165) is 0 Å². The summed E-state index contributed by atoms with van der Waals surface area (Å²) in [6.45, 7) is -6.59. The van der Waals surface area contributed by atoms with Gasteiger partial charge in [0.25, 0.3) is 11.8 Å². The predicted octanol–water partition coefficient (Wildman–Crippen LogP) is -4.87.